The zero-order chi connectivity index (χ0) is 10.1. The van der Waals surface area contributed by atoms with Crippen molar-refractivity contribution in [3.8, 4) is 0 Å². The van der Waals surface area contributed by atoms with Gasteiger partial charge in [-0.3, -0.25) is 14.5 Å². The molecule has 4 heteroatoms. The molecule has 1 heterocycles. The average Bonchev–Trinajstić information content (AvgIpc) is 2.91. The first-order chi connectivity index (χ1) is 6.75. The zero-order valence-corrected chi connectivity index (χ0v) is 8.45. The third-order valence-electron chi connectivity index (χ3n) is 2.94. The lowest BCUT2D eigenvalue weighted by Crippen LogP contribution is -2.35. The molecule has 14 heavy (non-hydrogen) atoms. The summed E-state index contributed by atoms with van der Waals surface area (Å²) in [4.78, 5) is 24.5. The Hall–Kier alpha value is -0.900. The number of rotatable bonds is 5. The van der Waals surface area contributed by atoms with Crippen LogP contribution in [0.5, 0.6) is 0 Å². The van der Waals surface area contributed by atoms with Crippen LogP contribution in [-0.4, -0.2) is 36.3 Å². The fourth-order valence-corrected chi connectivity index (χ4v) is 2.01. The fraction of sp³-hybridized carbons (Fsp3) is 0.800. The average molecular weight is 196 g/mol. The van der Waals surface area contributed by atoms with E-state index >= 15 is 0 Å². The van der Waals surface area contributed by atoms with Crippen LogP contribution in [0.3, 0.4) is 0 Å². The summed E-state index contributed by atoms with van der Waals surface area (Å²) < 4.78 is 0. The second-order valence-corrected chi connectivity index (χ2v) is 3.98. The van der Waals surface area contributed by atoms with Gasteiger partial charge in [0, 0.05) is 6.54 Å². The molecule has 1 aliphatic heterocycles. The number of carbonyl (C=O) groups is 2. The van der Waals surface area contributed by atoms with Gasteiger partial charge in [-0.2, -0.15) is 0 Å². The van der Waals surface area contributed by atoms with Gasteiger partial charge in [0.25, 0.3) is 0 Å². The Balaban J connectivity index is 1.76. The molecule has 2 amide bonds. The summed E-state index contributed by atoms with van der Waals surface area (Å²) in [5.41, 5.74) is 0. The lowest BCUT2D eigenvalue weighted by molar-refractivity contribution is -0.141. The van der Waals surface area contributed by atoms with Gasteiger partial charge in [0.15, 0.2) is 0 Å². The third-order valence-corrected chi connectivity index (χ3v) is 2.94. The van der Waals surface area contributed by atoms with Crippen molar-refractivity contribution in [1.29, 1.82) is 0 Å². The molecular weight excluding hydrogens is 180 g/mol. The molecule has 2 aliphatic rings. The van der Waals surface area contributed by atoms with Crippen molar-refractivity contribution >= 4 is 11.8 Å². The van der Waals surface area contributed by atoms with Gasteiger partial charge in [-0.05, 0) is 25.9 Å². The van der Waals surface area contributed by atoms with Crippen molar-refractivity contribution in [2.75, 3.05) is 19.6 Å². The summed E-state index contributed by atoms with van der Waals surface area (Å²) in [7, 11) is 0. The highest BCUT2D eigenvalue weighted by Gasteiger charge is 2.58. The number of likely N-dealkylation sites (tertiary alicyclic amines) is 1. The molecule has 2 unspecified atom stereocenters. The molecule has 1 saturated heterocycles. The van der Waals surface area contributed by atoms with Crippen LogP contribution in [0.25, 0.3) is 0 Å². The molecule has 0 bridgehead atoms. The van der Waals surface area contributed by atoms with Crippen molar-refractivity contribution in [3.05, 3.63) is 0 Å². The van der Waals surface area contributed by atoms with Crippen LogP contribution < -0.4 is 5.32 Å². The Morgan fingerprint density at radius 3 is 2.57 bits per heavy atom. The van der Waals surface area contributed by atoms with E-state index in [4.69, 9.17) is 0 Å². The van der Waals surface area contributed by atoms with E-state index in [1.54, 1.807) is 0 Å². The lowest BCUT2D eigenvalue weighted by atomic mass is 10.3. The predicted molar refractivity (Wildman–Crippen MR) is 51.5 cm³/mol. The smallest absolute Gasteiger partial charge is 0.233 e. The summed E-state index contributed by atoms with van der Waals surface area (Å²) >= 11 is 0. The van der Waals surface area contributed by atoms with Gasteiger partial charge in [0.1, 0.15) is 0 Å². The fourth-order valence-electron chi connectivity index (χ4n) is 2.01. The number of fused-ring (bicyclic) bond motifs is 1. The van der Waals surface area contributed by atoms with Crippen LogP contribution >= 0.6 is 0 Å². The number of hydrogen-bond acceptors (Lipinski definition) is 3. The van der Waals surface area contributed by atoms with Gasteiger partial charge in [-0.15, -0.1) is 0 Å². The molecule has 2 rings (SSSR count). The quantitative estimate of drug-likeness (QED) is 0.497. The van der Waals surface area contributed by atoms with Gasteiger partial charge >= 0.3 is 0 Å². The van der Waals surface area contributed by atoms with Crippen LogP contribution in [0.15, 0.2) is 0 Å². The lowest BCUT2D eigenvalue weighted by Gasteiger charge is -2.15. The Bertz CT molecular complexity index is 245. The van der Waals surface area contributed by atoms with E-state index in [1.165, 1.54) is 4.90 Å². The maximum atomic E-state index is 11.5. The number of nitrogens with one attached hydrogen (secondary N) is 1. The normalized spacial score (nSPS) is 29.6. The molecule has 1 N–H and O–H groups in total. The maximum absolute atomic E-state index is 11.5. The highest BCUT2D eigenvalue weighted by molar-refractivity contribution is 6.08. The molecule has 1 aliphatic carbocycles. The van der Waals surface area contributed by atoms with Crippen molar-refractivity contribution in [2.24, 2.45) is 11.8 Å². The SMILES string of the molecule is CCNCCCN1C(=O)C2CC2C1=O. The molecule has 0 aromatic heterocycles. The second kappa shape index (κ2) is 3.69. The van der Waals surface area contributed by atoms with Gasteiger partial charge in [0.2, 0.25) is 11.8 Å². The van der Waals surface area contributed by atoms with E-state index in [0.717, 1.165) is 25.9 Å². The van der Waals surface area contributed by atoms with E-state index in [9.17, 15) is 9.59 Å². The highest BCUT2D eigenvalue weighted by Crippen LogP contribution is 2.46. The van der Waals surface area contributed by atoms with Crippen molar-refractivity contribution < 1.29 is 9.59 Å². The molecule has 2 fully saturated rings. The minimum Gasteiger partial charge on any atom is -0.317 e. The molecular formula is C10H16N2O2. The minimum atomic E-state index is 0.0571. The van der Waals surface area contributed by atoms with E-state index in [-0.39, 0.29) is 23.7 Å². The molecule has 2 atom stereocenters. The minimum absolute atomic E-state index is 0.0571. The van der Waals surface area contributed by atoms with Gasteiger partial charge in [-0.25, -0.2) is 0 Å². The van der Waals surface area contributed by atoms with Gasteiger partial charge in [0.05, 0.1) is 11.8 Å². The molecule has 0 spiro atoms. The largest absolute Gasteiger partial charge is 0.317 e. The third kappa shape index (κ3) is 1.54. The van der Waals surface area contributed by atoms with Crippen molar-refractivity contribution in [3.63, 3.8) is 0 Å². The number of hydrogen-bond donors (Lipinski definition) is 1. The Morgan fingerprint density at radius 1 is 1.36 bits per heavy atom. The van der Waals surface area contributed by atoms with Gasteiger partial charge < -0.3 is 5.32 Å². The Kier molecular flexibility index (Phi) is 2.54. The molecule has 0 aromatic carbocycles. The van der Waals surface area contributed by atoms with Crippen LogP contribution in [0.2, 0.25) is 0 Å². The molecule has 0 aromatic rings. The highest BCUT2D eigenvalue weighted by atomic mass is 16.2. The number of amides is 2. The maximum Gasteiger partial charge on any atom is 0.233 e. The molecule has 0 radical (unpaired) electrons. The standard InChI is InChI=1S/C10H16N2O2/c1-2-11-4-3-5-12-9(13)7-6-8(7)10(12)14/h7-8,11H,2-6H2,1H3. The molecule has 4 nitrogen and oxygen atoms in total. The van der Waals surface area contributed by atoms with Crippen LogP contribution in [-0.2, 0) is 9.59 Å². The topological polar surface area (TPSA) is 49.4 Å². The number of piperidine rings is 1. The summed E-state index contributed by atoms with van der Waals surface area (Å²) in [6.45, 7) is 4.45. The zero-order valence-electron chi connectivity index (χ0n) is 8.45. The Labute approximate surface area is 83.6 Å². The monoisotopic (exact) mass is 196 g/mol. The number of imide groups is 1. The van der Waals surface area contributed by atoms with E-state index in [1.807, 2.05) is 6.92 Å². The second-order valence-electron chi connectivity index (χ2n) is 3.98. The van der Waals surface area contributed by atoms with Crippen LogP contribution in [0, 0.1) is 11.8 Å². The number of carbonyl (C=O) groups excluding carboxylic acids is 2. The van der Waals surface area contributed by atoms with Crippen molar-refractivity contribution in [1.82, 2.24) is 10.2 Å². The summed E-state index contributed by atoms with van der Waals surface area (Å²) in [6.07, 6.45) is 1.67. The molecule has 78 valence electrons. The predicted octanol–water partition coefficient (Wildman–Crippen LogP) is -0.00910. The van der Waals surface area contributed by atoms with E-state index < -0.39 is 0 Å². The molecule has 1 saturated carbocycles. The van der Waals surface area contributed by atoms with E-state index in [2.05, 4.69) is 5.32 Å². The number of nitrogens with zero attached hydrogens (tertiary/aromatic N) is 1. The first-order valence-corrected chi connectivity index (χ1v) is 5.31. The first-order valence-electron chi connectivity index (χ1n) is 5.31. The van der Waals surface area contributed by atoms with Crippen LogP contribution in [0.4, 0.5) is 0 Å². The van der Waals surface area contributed by atoms with Crippen LogP contribution in [0.1, 0.15) is 19.8 Å². The Morgan fingerprint density at radius 2 is 2.00 bits per heavy atom. The first kappa shape index (κ1) is 9.65. The summed E-state index contributed by atoms with van der Waals surface area (Å²) in [6, 6.07) is 0. The summed E-state index contributed by atoms with van der Waals surface area (Å²) in [5.74, 6) is 0.247. The van der Waals surface area contributed by atoms with E-state index in [0.29, 0.717) is 6.54 Å². The summed E-state index contributed by atoms with van der Waals surface area (Å²) in [5, 5.41) is 3.18. The van der Waals surface area contributed by atoms with Crippen molar-refractivity contribution in [2.45, 2.75) is 19.8 Å². The van der Waals surface area contributed by atoms with Gasteiger partial charge in [-0.1, -0.05) is 6.92 Å².